The molecule has 0 unspecified atom stereocenters. The summed E-state index contributed by atoms with van der Waals surface area (Å²) in [4.78, 5) is 3.66. The quantitative estimate of drug-likeness (QED) is 0.361. The van der Waals surface area contributed by atoms with E-state index in [0.717, 1.165) is 22.3 Å². The van der Waals surface area contributed by atoms with Crippen LogP contribution >= 0.6 is 0 Å². The van der Waals surface area contributed by atoms with Crippen molar-refractivity contribution in [3.63, 3.8) is 0 Å². The maximum atomic E-state index is 9.57. The fraction of sp³-hybridized carbons (Fsp3) is 0.0769. The van der Waals surface area contributed by atoms with E-state index < -0.39 is 0 Å². The lowest BCUT2D eigenvalue weighted by atomic mass is 10.0. The van der Waals surface area contributed by atoms with Gasteiger partial charge < -0.3 is 0 Å². The number of rotatable bonds is 4. The van der Waals surface area contributed by atoms with Crippen molar-refractivity contribution >= 4 is 30.0 Å². The van der Waals surface area contributed by atoms with Gasteiger partial charge in [0.05, 0.1) is 18.2 Å². The van der Waals surface area contributed by atoms with Crippen LogP contribution < -0.4 is 0 Å². The Bertz CT molecular complexity index is 1020. The molecule has 0 aromatic heterocycles. The lowest BCUT2D eigenvalue weighted by Crippen LogP contribution is -1.85. The topological polar surface area (TPSA) is 28.1 Å². The first-order valence-electron chi connectivity index (χ1n) is 9.04. The van der Waals surface area contributed by atoms with E-state index in [4.69, 9.17) is 6.57 Å². The van der Waals surface area contributed by atoms with Crippen LogP contribution in [0.5, 0.6) is 0 Å². The van der Waals surface area contributed by atoms with Crippen LogP contribution in [0.15, 0.2) is 60.7 Å². The standard InChI is InChI=1S/C26H20N2/c1-19-4-8-21(9-5-19)12-14-23-17-26(28-3)24(16-25(23)18-27)15-13-22-10-6-20(2)7-11-22/h4-17H,1-2H3/b14-12+,15-13+. The van der Waals surface area contributed by atoms with Gasteiger partial charge in [0.1, 0.15) is 0 Å². The molecule has 0 amide bonds. The van der Waals surface area contributed by atoms with E-state index in [1.54, 1.807) is 12.1 Å². The molecule has 0 aliphatic heterocycles. The van der Waals surface area contributed by atoms with Crippen molar-refractivity contribution in [2.45, 2.75) is 13.8 Å². The van der Waals surface area contributed by atoms with Gasteiger partial charge in [-0.3, -0.25) is 0 Å². The van der Waals surface area contributed by atoms with Crippen molar-refractivity contribution in [1.29, 1.82) is 5.26 Å². The number of nitriles is 1. The van der Waals surface area contributed by atoms with Crippen LogP contribution in [0.1, 0.15) is 38.9 Å². The van der Waals surface area contributed by atoms with Gasteiger partial charge in [-0.15, -0.1) is 0 Å². The molecule has 0 aliphatic carbocycles. The SMILES string of the molecule is [C-]#[N+]c1cc(/C=C/c2ccc(C)cc2)c(C#N)cc1/C=C/c1ccc(C)cc1. The first-order chi connectivity index (χ1) is 13.6. The largest absolute Gasteiger partial charge is 0.238 e. The van der Waals surface area contributed by atoms with Gasteiger partial charge in [0.2, 0.25) is 0 Å². The summed E-state index contributed by atoms with van der Waals surface area (Å²) in [5.74, 6) is 0. The molecule has 0 saturated heterocycles. The van der Waals surface area contributed by atoms with E-state index in [1.165, 1.54) is 11.1 Å². The molecule has 0 radical (unpaired) electrons. The second-order valence-corrected chi connectivity index (χ2v) is 6.71. The molecule has 2 nitrogen and oxygen atoms in total. The average Bonchev–Trinajstić information content (AvgIpc) is 2.72. The van der Waals surface area contributed by atoms with Gasteiger partial charge in [0.25, 0.3) is 0 Å². The smallest absolute Gasteiger partial charge is 0.194 e. The highest BCUT2D eigenvalue weighted by molar-refractivity contribution is 5.82. The molecule has 0 atom stereocenters. The van der Waals surface area contributed by atoms with Gasteiger partial charge in [0, 0.05) is 0 Å². The summed E-state index contributed by atoms with van der Waals surface area (Å²) >= 11 is 0. The first-order valence-corrected chi connectivity index (χ1v) is 9.04. The van der Waals surface area contributed by atoms with Crippen LogP contribution in [-0.4, -0.2) is 0 Å². The maximum Gasteiger partial charge on any atom is 0.194 e. The molecular formula is C26H20N2. The molecule has 2 heteroatoms. The molecular weight excluding hydrogens is 340 g/mol. The molecule has 28 heavy (non-hydrogen) atoms. The van der Waals surface area contributed by atoms with Crippen molar-refractivity contribution in [2.75, 3.05) is 0 Å². The maximum absolute atomic E-state index is 9.57. The molecule has 3 aromatic rings. The third kappa shape index (κ3) is 4.64. The van der Waals surface area contributed by atoms with Crippen LogP contribution in [0.25, 0.3) is 29.1 Å². The molecule has 3 aromatic carbocycles. The van der Waals surface area contributed by atoms with E-state index in [-0.39, 0.29) is 0 Å². The number of hydrogen-bond donors (Lipinski definition) is 0. The molecule has 134 valence electrons. The Morgan fingerprint density at radius 1 is 0.750 bits per heavy atom. The van der Waals surface area contributed by atoms with Gasteiger partial charge in [-0.05, 0) is 48.2 Å². The minimum Gasteiger partial charge on any atom is -0.238 e. The summed E-state index contributed by atoms with van der Waals surface area (Å²) in [6.07, 6.45) is 7.72. The van der Waals surface area contributed by atoms with Gasteiger partial charge in [0.15, 0.2) is 5.69 Å². The third-order valence-electron chi connectivity index (χ3n) is 4.51. The molecule has 3 rings (SSSR count). The van der Waals surface area contributed by atoms with Gasteiger partial charge in [-0.2, -0.15) is 5.26 Å². The molecule has 0 heterocycles. The highest BCUT2D eigenvalue weighted by Crippen LogP contribution is 2.27. The zero-order valence-electron chi connectivity index (χ0n) is 16.0. The zero-order valence-corrected chi connectivity index (χ0v) is 16.0. The predicted octanol–water partition coefficient (Wildman–Crippen LogP) is 7.07. The van der Waals surface area contributed by atoms with Crippen LogP contribution in [0.4, 0.5) is 5.69 Å². The summed E-state index contributed by atoms with van der Waals surface area (Å²) in [6, 6.07) is 22.2. The molecule has 0 fully saturated rings. The van der Waals surface area contributed by atoms with Crippen molar-refractivity contribution in [3.8, 4) is 6.07 Å². The van der Waals surface area contributed by atoms with Crippen molar-refractivity contribution in [3.05, 3.63) is 111 Å². The zero-order chi connectivity index (χ0) is 19.9. The summed E-state index contributed by atoms with van der Waals surface area (Å²) < 4.78 is 0. The lowest BCUT2D eigenvalue weighted by Gasteiger charge is -2.05. The highest BCUT2D eigenvalue weighted by Gasteiger charge is 2.06. The predicted molar refractivity (Wildman–Crippen MR) is 118 cm³/mol. The minimum absolute atomic E-state index is 0.533. The molecule has 0 bridgehead atoms. The van der Waals surface area contributed by atoms with E-state index in [2.05, 4.69) is 35.2 Å². The van der Waals surface area contributed by atoms with Gasteiger partial charge in [-0.1, -0.05) is 84.0 Å². The minimum atomic E-state index is 0.533. The highest BCUT2D eigenvalue weighted by atomic mass is 14.6. The van der Waals surface area contributed by atoms with E-state index in [0.29, 0.717) is 11.3 Å². The van der Waals surface area contributed by atoms with Crippen molar-refractivity contribution in [2.24, 2.45) is 0 Å². The third-order valence-corrected chi connectivity index (χ3v) is 4.51. The van der Waals surface area contributed by atoms with Crippen LogP contribution in [0, 0.1) is 31.8 Å². The van der Waals surface area contributed by atoms with Crippen LogP contribution in [0.2, 0.25) is 0 Å². The molecule has 0 N–H and O–H groups in total. The second-order valence-electron chi connectivity index (χ2n) is 6.71. The number of hydrogen-bond acceptors (Lipinski definition) is 1. The Labute approximate surface area is 166 Å². The molecule has 0 saturated carbocycles. The molecule has 0 spiro atoms. The Hall–Kier alpha value is -3.88. The number of benzene rings is 3. The Kier molecular flexibility index (Phi) is 5.85. The van der Waals surface area contributed by atoms with Gasteiger partial charge >= 0.3 is 0 Å². The van der Waals surface area contributed by atoms with Crippen LogP contribution in [0.3, 0.4) is 0 Å². The Morgan fingerprint density at radius 3 is 1.71 bits per heavy atom. The van der Waals surface area contributed by atoms with E-state index >= 15 is 0 Å². The van der Waals surface area contributed by atoms with E-state index in [1.807, 2.05) is 62.4 Å². The number of aryl methyl sites for hydroxylation is 2. The fourth-order valence-corrected chi connectivity index (χ4v) is 2.81. The first kappa shape index (κ1) is 18.9. The Morgan fingerprint density at radius 2 is 1.25 bits per heavy atom. The number of nitrogens with zero attached hydrogens (tertiary/aromatic N) is 2. The fourth-order valence-electron chi connectivity index (χ4n) is 2.81. The normalized spacial score (nSPS) is 10.9. The lowest BCUT2D eigenvalue weighted by molar-refractivity contribution is 1.46. The summed E-state index contributed by atoms with van der Waals surface area (Å²) in [6.45, 7) is 11.6. The second kappa shape index (κ2) is 8.67. The van der Waals surface area contributed by atoms with E-state index in [9.17, 15) is 5.26 Å². The summed E-state index contributed by atoms with van der Waals surface area (Å²) in [5, 5.41) is 9.57. The van der Waals surface area contributed by atoms with Crippen LogP contribution in [-0.2, 0) is 0 Å². The molecule has 0 aliphatic rings. The van der Waals surface area contributed by atoms with Gasteiger partial charge in [-0.25, -0.2) is 4.85 Å². The average molecular weight is 360 g/mol. The van der Waals surface area contributed by atoms with Crippen molar-refractivity contribution < 1.29 is 0 Å². The van der Waals surface area contributed by atoms with Crippen molar-refractivity contribution in [1.82, 2.24) is 0 Å². The Balaban J connectivity index is 1.93. The monoisotopic (exact) mass is 360 g/mol. The summed E-state index contributed by atoms with van der Waals surface area (Å²) in [7, 11) is 0. The summed E-state index contributed by atoms with van der Waals surface area (Å²) in [5.41, 5.74) is 7.11.